The Hall–Kier alpha value is -1.68. The fraction of sp³-hybridized carbons (Fsp3) is 0.273. The van der Waals surface area contributed by atoms with Crippen molar-refractivity contribution >= 4 is 0 Å². The smallest absolute Gasteiger partial charge is 0.0490 e. The number of rotatable bonds is 5. The van der Waals surface area contributed by atoms with Crippen molar-refractivity contribution < 1.29 is 0 Å². The SMILES string of the molecule is c1cc(CCNCc2ccn[nH]2)ccn1. The molecule has 0 saturated heterocycles. The zero-order valence-corrected chi connectivity index (χ0v) is 8.48. The van der Waals surface area contributed by atoms with Gasteiger partial charge in [-0.15, -0.1) is 0 Å². The molecule has 0 aromatic carbocycles. The number of aromatic amines is 1. The third-order valence-corrected chi connectivity index (χ3v) is 2.21. The summed E-state index contributed by atoms with van der Waals surface area (Å²) >= 11 is 0. The van der Waals surface area contributed by atoms with Gasteiger partial charge < -0.3 is 5.32 Å². The van der Waals surface area contributed by atoms with Crippen LogP contribution in [0, 0.1) is 0 Å². The molecule has 0 aliphatic carbocycles. The Bertz CT molecular complexity index is 369. The van der Waals surface area contributed by atoms with E-state index in [2.05, 4.69) is 20.5 Å². The minimum absolute atomic E-state index is 0.838. The molecule has 0 bridgehead atoms. The summed E-state index contributed by atoms with van der Waals surface area (Å²) in [6.45, 7) is 1.80. The molecule has 4 heteroatoms. The van der Waals surface area contributed by atoms with Crippen LogP contribution in [0.25, 0.3) is 0 Å². The molecule has 2 N–H and O–H groups in total. The molecule has 4 nitrogen and oxygen atoms in total. The van der Waals surface area contributed by atoms with Crippen molar-refractivity contribution in [3.05, 3.63) is 48.0 Å². The number of H-pyrrole nitrogens is 1. The molecule has 0 atom stereocenters. The van der Waals surface area contributed by atoms with E-state index in [1.807, 2.05) is 30.6 Å². The van der Waals surface area contributed by atoms with Gasteiger partial charge in [0.2, 0.25) is 0 Å². The predicted molar refractivity (Wildman–Crippen MR) is 58.2 cm³/mol. The molecule has 0 unspecified atom stereocenters. The molecule has 15 heavy (non-hydrogen) atoms. The lowest BCUT2D eigenvalue weighted by Crippen LogP contribution is -2.16. The summed E-state index contributed by atoms with van der Waals surface area (Å²) in [5.41, 5.74) is 2.42. The van der Waals surface area contributed by atoms with Crippen molar-refractivity contribution in [3.8, 4) is 0 Å². The van der Waals surface area contributed by atoms with E-state index in [0.717, 1.165) is 25.2 Å². The van der Waals surface area contributed by atoms with Gasteiger partial charge in [0.15, 0.2) is 0 Å². The summed E-state index contributed by atoms with van der Waals surface area (Å²) in [6.07, 6.45) is 6.44. The van der Waals surface area contributed by atoms with Crippen LogP contribution in [0.3, 0.4) is 0 Å². The van der Waals surface area contributed by atoms with Crippen molar-refractivity contribution in [1.82, 2.24) is 20.5 Å². The predicted octanol–water partition coefficient (Wildman–Crippen LogP) is 1.14. The van der Waals surface area contributed by atoms with Gasteiger partial charge in [-0.05, 0) is 36.7 Å². The van der Waals surface area contributed by atoms with Gasteiger partial charge in [-0.25, -0.2) is 0 Å². The molecule has 0 fully saturated rings. The second-order valence-electron chi connectivity index (χ2n) is 3.36. The van der Waals surface area contributed by atoms with Crippen molar-refractivity contribution in [3.63, 3.8) is 0 Å². The average Bonchev–Trinajstić information content (AvgIpc) is 2.79. The Kier molecular flexibility index (Phi) is 3.46. The number of aromatic nitrogens is 3. The Morgan fingerprint density at radius 2 is 2.00 bits per heavy atom. The summed E-state index contributed by atoms with van der Waals surface area (Å²) in [6, 6.07) is 6.05. The molecule has 0 amide bonds. The topological polar surface area (TPSA) is 53.6 Å². The van der Waals surface area contributed by atoms with Crippen LogP contribution in [0.1, 0.15) is 11.3 Å². The monoisotopic (exact) mass is 202 g/mol. The lowest BCUT2D eigenvalue weighted by Gasteiger charge is -2.02. The summed E-state index contributed by atoms with van der Waals surface area (Å²) in [5, 5.41) is 10.1. The molecule has 0 aliphatic rings. The standard InChI is InChI=1S/C11H14N4/c1-5-12-6-2-10(1)3-7-13-9-11-4-8-14-15-11/h1-2,4-6,8,13H,3,7,9H2,(H,14,15). The van der Waals surface area contributed by atoms with Gasteiger partial charge >= 0.3 is 0 Å². The number of nitrogens with one attached hydrogen (secondary N) is 2. The van der Waals surface area contributed by atoms with Crippen LogP contribution in [-0.4, -0.2) is 21.7 Å². The molecule has 78 valence electrons. The average molecular weight is 202 g/mol. The molecular formula is C11H14N4. The Morgan fingerprint density at radius 1 is 1.13 bits per heavy atom. The van der Waals surface area contributed by atoms with Crippen molar-refractivity contribution in [2.75, 3.05) is 6.54 Å². The number of nitrogens with zero attached hydrogens (tertiary/aromatic N) is 2. The molecule has 2 aromatic heterocycles. The van der Waals surface area contributed by atoms with E-state index in [0.29, 0.717) is 0 Å². The van der Waals surface area contributed by atoms with E-state index in [9.17, 15) is 0 Å². The molecule has 2 heterocycles. The van der Waals surface area contributed by atoms with Gasteiger partial charge in [0, 0.05) is 30.8 Å². The van der Waals surface area contributed by atoms with E-state index >= 15 is 0 Å². The highest BCUT2D eigenvalue weighted by Crippen LogP contribution is 1.96. The first-order valence-corrected chi connectivity index (χ1v) is 5.03. The third kappa shape index (κ3) is 3.18. The Labute approximate surface area is 88.8 Å². The van der Waals surface area contributed by atoms with Gasteiger partial charge in [-0.3, -0.25) is 10.1 Å². The first-order chi connectivity index (χ1) is 7.45. The minimum Gasteiger partial charge on any atom is -0.311 e. The van der Waals surface area contributed by atoms with Gasteiger partial charge in [0.05, 0.1) is 0 Å². The summed E-state index contributed by atoms with van der Waals surface area (Å²) in [4.78, 5) is 3.98. The van der Waals surface area contributed by atoms with E-state index in [1.54, 1.807) is 6.20 Å². The van der Waals surface area contributed by atoms with Crippen LogP contribution in [0.4, 0.5) is 0 Å². The van der Waals surface area contributed by atoms with Crippen LogP contribution in [0.15, 0.2) is 36.8 Å². The molecular weight excluding hydrogens is 188 g/mol. The molecule has 0 aliphatic heterocycles. The maximum absolute atomic E-state index is 3.98. The third-order valence-electron chi connectivity index (χ3n) is 2.21. The second-order valence-corrected chi connectivity index (χ2v) is 3.36. The highest BCUT2D eigenvalue weighted by atomic mass is 15.1. The van der Waals surface area contributed by atoms with Gasteiger partial charge in [-0.2, -0.15) is 5.10 Å². The van der Waals surface area contributed by atoms with Crippen LogP contribution < -0.4 is 5.32 Å². The van der Waals surface area contributed by atoms with Crippen molar-refractivity contribution in [1.29, 1.82) is 0 Å². The van der Waals surface area contributed by atoms with Crippen molar-refractivity contribution in [2.24, 2.45) is 0 Å². The molecule has 0 radical (unpaired) electrons. The molecule has 0 saturated carbocycles. The minimum atomic E-state index is 0.838. The summed E-state index contributed by atoms with van der Waals surface area (Å²) in [7, 11) is 0. The van der Waals surface area contributed by atoms with Crippen LogP contribution in [-0.2, 0) is 13.0 Å². The van der Waals surface area contributed by atoms with Gasteiger partial charge in [-0.1, -0.05) is 0 Å². The largest absolute Gasteiger partial charge is 0.311 e. The number of hydrogen-bond donors (Lipinski definition) is 2. The fourth-order valence-corrected chi connectivity index (χ4v) is 1.39. The number of pyridine rings is 1. The Morgan fingerprint density at radius 3 is 2.73 bits per heavy atom. The fourth-order valence-electron chi connectivity index (χ4n) is 1.39. The van der Waals surface area contributed by atoms with E-state index in [4.69, 9.17) is 0 Å². The first kappa shape index (κ1) is 9.86. The highest BCUT2D eigenvalue weighted by molar-refractivity contribution is 5.09. The maximum atomic E-state index is 3.98. The van der Waals surface area contributed by atoms with Gasteiger partial charge in [0.25, 0.3) is 0 Å². The zero-order valence-electron chi connectivity index (χ0n) is 8.48. The maximum Gasteiger partial charge on any atom is 0.0490 e. The van der Waals surface area contributed by atoms with E-state index in [1.165, 1.54) is 5.56 Å². The van der Waals surface area contributed by atoms with Crippen LogP contribution in [0.5, 0.6) is 0 Å². The van der Waals surface area contributed by atoms with Crippen molar-refractivity contribution in [2.45, 2.75) is 13.0 Å². The quantitative estimate of drug-likeness (QED) is 0.715. The van der Waals surface area contributed by atoms with E-state index in [-0.39, 0.29) is 0 Å². The first-order valence-electron chi connectivity index (χ1n) is 5.03. The molecule has 2 rings (SSSR count). The Balaban J connectivity index is 1.68. The van der Waals surface area contributed by atoms with Gasteiger partial charge in [0.1, 0.15) is 0 Å². The van der Waals surface area contributed by atoms with E-state index < -0.39 is 0 Å². The highest BCUT2D eigenvalue weighted by Gasteiger charge is 1.94. The zero-order chi connectivity index (χ0) is 10.3. The lowest BCUT2D eigenvalue weighted by atomic mass is 10.2. The summed E-state index contributed by atoms with van der Waals surface area (Å²) in [5.74, 6) is 0. The molecule has 0 spiro atoms. The van der Waals surface area contributed by atoms with Crippen LogP contribution >= 0.6 is 0 Å². The number of hydrogen-bond acceptors (Lipinski definition) is 3. The second kappa shape index (κ2) is 5.26. The normalized spacial score (nSPS) is 10.4. The summed E-state index contributed by atoms with van der Waals surface area (Å²) < 4.78 is 0. The lowest BCUT2D eigenvalue weighted by molar-refractivity contribution is 0.672. The van der Waals surface area contributed by atoms with Crippen LogP contribution in [0.2, 0.25) is 0 Å². The molecule has 2 aromatic rings.